The van der Waals surface area contributed by atoms with Gasteiger partial charge in [0.2, 0.25) is 0 Å². The van der Waals surface area contributed by atoms with Crippen LogP contribution in [0.3, 0.4) is 0 Å². The summed E-state index contributed by atoms with van der Waals surface area (Å²) >= 11 is 0. The molecule has 1 unspecified atom stereocenters. The third-order valence-corrected chi connectivity index (χ3v) is 10.5. The van der Waals surface area contributed by atoms with Gasteiger partial charge >= 0.3 is 5.97 Å². The Hall–Kier alpha value is -0.740. The van der Waals surface area contributed by atoms with E-state index in [0.29, 0.717) is 31.6 Å². The van der Waals surface area contributed by atoms with E-state index in [1.54, 1.807) is 0 Å². The van der Waals surface area contributed by atoms with Crippen LogP contribution in [0.2, 0.25) is 0 Å². The maximum Gasteiger partial charge on any atom is 0.305 e. The highest BCUT2D eigenvalue weighted by atomic mass is 19.3. The number of rotatable bonds is 4. The van der Waals surface area contributed by atoms with Crippen molar-refractivity contribution >= 4 is 5.97 Å². The normalized spacial score (nSPS) is 48.2. The Kier molecular flexibility index (Phi) is 5.76. The number of fused-ring (bicyclic) bond motifs is 5. The lowest BCUT2D eigenvalue weighted by atomic mass is 9.43. The van der Waals surface area contributed by atoms with E-state index < -0.39 is 17.5 Å². The average molecular weight is 429 g/mol. The van der Waals surface area contributed by atoms with Crippen LogP contribution in [0.4, 0.5) is 13.2 Å². The topological polar surface area (TPSA) is 26.3 Å². The van der Waals surface area contributed by atoms with E-state index in [9.17, 15) is 9.18 Å². The van der Waals surface area contributed by atoms with Gasteiger partial charge in [0.05, 0.1) is 7.11 Å². The van der Waals surface area contributed by atoms with Crippen molar-refractivity contribution in [1.29, 1.82) is 0 Å². The Bertz CT molecular complexity index is 667. The van der Waals surface area contributed by atoms with Crippen LogP contribution in [0, 0.1) is 46.3 Å². The highest BCUT2D eigenvalue weighted by Crippen LogP contribution is 2.72. The van der Waals surface area contributed by atoms with Crippen LogP contribution in [0.25, 0.3) is 0 Å². The molecule has 4 rings (SSSR count). The smallest absolute Gasteiger partial charge is 0.305 e. The van der Waals surface area contributed by atoms with Crippen molar-refractivity contribution in [3.8, 4) is 0 Å². The Morgan fingerprint density at radius 3 is 2.53 bits per heavy atom. The first kappa shape index (κ1) is 22.5. The summed E-state index contributed by atoms with van der Waals surface area (Å²) < 4.78 is 50.9. The van der Waals surface area contributed by atoms with Crippen molar-refractivity contribution in [2.45, 2.75) is 97.1 Å². The first-order chi connectivity index (χ1) is 14.0. The van der Waals surface area contributed by atoms with Crippen LogP contribution in [0.1, 0.15) is 85.0 Å². The van der Waals surface area contributed by atoms with E-state index >= 15 is 8.78 Å². The van der Waals surface area contributed by atoms with Crippen LogP contribution in [0.15, 0.2) is 0 Å². The molecule has 172 valence electrons. The minimum atomic E-state index is -2.71. The van der Waals surface area contributed by atoms with E-state index in [-0.39, 0.29) is 47.4 Å². The lowest BCUT2D eigenvalue weighted by molar-refractivity contribution is -0.246. The molecule has 0 aromatic carbocycles. The first-order valence-electron chi connectivity index (χ1n) is 12.1. The maximum atomic E-state index is 16.0. The highest BCUT2D eigenvalue weighted by Gasteiger charge is 2.70. The zero-order chi connectivity index (χ0) is 21.9. The number of hydrogen-bond donors (Lipinski definition) is 0. The largest absolute Gasteiger partial charge is 0.469 e. The van der Waals surface area contributed by atoms with E-state index in [1.165, 1.54) is 7.11 Å². The van der Waals surface area contributed by atoms with Crippen molar-refractivity contribution in [3.63, 3.8) is 0 Å². The van der Waals surface area contributed by atoms with Gasteiger partial charge in [-0.05, 0) is 92.3 Å². The molecule has 0 radical (unpaired) electrons. The Morgan fingerprint density at radius 1 is 1.10 bits per heavy atom. The fourth-order valence-electron chi connectivity index (χ4n) is 8.71. The van der Waals surface area contributed by atoms with Crippen molar-refractivity contribution in [1.82, 2.24) is 0 Å². The van der Waals surface area contributed by atoms with Gasteiger partial charge in [-0.1, -0.05) is 20.8 Å². The van der Waals surface area contributed by atoms with Gasteiger partial charge < -0.3 is 4.74 Å². The van der Waals surface area contributed by atoms with Crippen molar-refractivity contribution < 1.29 is 22.7 Å². The number of alkyl halides is 3. The zero-order valence-corrected chi connectivity index (χ0v) is 19.1. The van der Waals surface area contributed by atoms with E-state index in [2.05, 4.69) is 6.92 Å². The number of esters is 1. The molecule has 0 saturated heterocycles. The predicted octanol–water partition coefficient (Wildman–Crippen LogP) is 6.82. The van der Waals surface area contributed by atoms with E-state index in [4.69, 9.17) is 4.74 Å². The van der Waals surface area contributed by atoms with Crippen LogP contribution >= 0.6 is 0 Å². The first-order valence-corrected chi connectivity index (χ1v) is 12.1. The Morgan fingerprint density at radius 2 is 1.83 bits per heavy atom. The molecule has 4 saturated carbocycles. The quantitative estimate of drug-likeness (QED) is 0.459. The summed E-state index contributed by atoms with van der Waals surface area (Å²) in [7, 11) is 1.38. The number of carbonyl (C=O) groups is 1. The third-order valence-electron chi connectivity index (χ3n) is 10.5. The van der Waals surface area contributed by atoms with Gasteiger partial charge in [-0.2, -0.15) is 0 Å². The molecule has 9 atom stereocenters. The Balaban J connectivity index is 1.59. The molecule has 0 amide bonds. The highest BCUT2D eigenvalue weighted by molar-refractivity contribution is 5.69. The van der Waals surface area contributed by atoms with Crippen molar-refractivity contribution in [3.05, 3.63) is 0 Å². The van der Waals surface area contributed by atoms with Gasteiger partial charge in [0.1, 0.15) is 6.17 Å². The second kappa shape index (κ2) is 7.69. The summed E-state index contributed by atoms with van der Waals surface area (Å²) in [4.78, 5) is 11.6. The molecular formula is C25H39F3O2. The average Bonchev–Trinajstić information content (AvgIpc) is 3.06. The summed E-state index contributed by atoms with van der Waals surface area (Å²) in [5.41, 5.74) is -1.13. The van der Waals surface area contributed by atoms with Gasteiger partial charge in [0.15, 0.2) is 0 Å². The molecular weight excluding hydrogens is 389 g/mol. The van der Waals surface area contributed by atoms with Crippen LogP contribution in [0.5, 0.6) is 0 Å². The molecule has 0 N–H and O–H groups in total. The summed E-state index contributed by atoms with van der Waals surface area (Å²) in [6, 6.07) is 0. The molecule has 0 aromatic heterocycles. The lowest BCUT2D eigenvalue weighted by Crippen LogP contribution is -2.61. The molecule has 2 nitrogen and oxygen atoms in total. The summed E-state index contributed by atoms with van der Waals surface area (Å²) in [5, 5.41) is 0. The van der Waals surface area contributed by atoms with E-state index in [0.717, 1.165) is 32.1 Å². The lowest BCUT2D eigenvalue weighted by Gasteiger charge is -2.63. The van der Waals surface area contributed by atoms with Crippen LogP contribution in [-0.2, 0) is 9.53 Å². The zero-order valence-electron chi connectivity index (χ0n) is 19.1. The molecule has 0 aliphatic heterocycles. The second-order valence-corrected chi connectivity index (χ2v) is 11.5. The maximum absolute atomic E-state index is 16.0. The second-order valence-electron chi connectivity index (χ2n) is 11.5. The fourth-order valence-corrected chi connectivity index (χ4v) is 8.71. The van der Waals surface area contributed by atoms with Gasteiger partial charge in [-0.25, -0.2) is 13.2 Å². The molecule has 4 aliphatic rings. The van der Waals surface area contributed by atoms with E-state index in [1.807, 2.05) is 13.8 Å². The molecule has 5 heteroatoms. The van der Waals surface area contributed by atoms with Crippen molar-refractivity contribution in [2.75, 3.05) is 7.11 Å². The summed E-state index contributed by atoms with van der Waals surface area (Å²) in [5.74, 6) is -2.29. The van der Waals surface area contributed by atoms with Gasteiger partial charge in [-0.3, -0.25) is 4.79 Å². The number of ether oxygens (including phenoxy) is 1. The van der Waals surface area contributed by atoms with Gasteiger partial charge in [0, 0.05) is 18.3 Å². The Labute approximate surface area is 179 Å². The molecule has 0 aromatic rings. The summed E-state index contributed by atoms with van der Waals surface area (Å²) in [6.07, 6.45) is 5.68. The molecule has 4 fully saturated rings. The van der Waals surface area contributed by atoms with Crippen LogP contribution in [-0.4, -0.2) is 25.2 Å². The minimum absolute atomic E-state index is 0.0148. The third kappa shape index (κ3) is 3.23. The standard InChI is InChI=1S/C25H39F3O2/c1-15(5-10-22(29)30-4)19-8-9-20-18-7-6-16-13-17(26)11-12-23(16,2)21(18)14-25(27,28)24(19,20)3/h15-21H,5-14H2,1-4H3/t15-,16-,17+,18+,19?,20+,21+,23+,24-/m1/s1. The number of halogens is 3. The fraction of sp³-hybridized carbons (Fsp3) is 0.960. The minimum Gasteiger partial charge on any atom is -0.469 e. The van der Waals surface area contributed by atoms with Gasteiger partial charge in [-0.15, -0.1) is 0 Å². The van der Waals surface area contributed by atoms with Crippen molar-refractivity contribution in [2.24, 2.45) is 46.3 Å². The molecule has 4 aliphatic carbocycles. The number of hydrogen-bond acceptors (Lipinski definition) is 2. The number of carbonyl (C=O) groups excluding carboxylic acids is 1. The summed E-state index contributed by atoms with van der Waals surface area (Å²) in [6.45, 7) is 6.10. The molecule has 0 spiro atoms. The van der Waals surface area contributed by atoms with Crippen LogP contribution < -0.4 is 0 Å². The number of methoxy groups -OCH3 is 1. The predicted molar refractivity (Wildman–Crippen MR) is 111 cm³/mol. The molecule has 30 heavy (non-hydrogen) atoms. The monoisotopic (exact) mass is 428 g/mol. The van der Waals surface area contributed by atoms with Gasteiger partial charge in [0.25, 0.3) is 5.92 Å². The molecule has 0 heterocycles. The SMILES string of the molecule is COC(=O)CC[C@@H](C)C1CC[C@H]2[C@@H]3CC[C@@H]4C[C@@H](F)CC[C@]4(C)[C@H]3CC(F)(F)[C@]12C. The molecule has 0 bridgehead atoms.